The van der Waals surface area contributed by atoms with Crippen molar-refractivity contribution in [2.45, 2.75) is 25.7 Å². The molecule has 1 aromatic carbocycles. The molecule has 1 aromatic rings. The van der Waals surface area contributed by atoms with Crippen molar-refractivity contribution in [2.24, 2.45) is 11.1 Å². The predicted molar refractivity (Wildman–Crippen MR) is 60.5 cm³/mol. The molecule has 0 bridgehead atoms. The van der Waals surface area contributed by atoms with Gasteiger partial charge in [-0.15, -0.1) is 0 Å². The van der Waals surface area contributed by atoms with Gasteiger partial charge in [-0.3, -0.25) is 0 Å². The van der Waals surface area contributed by atoms with Crippen molar-refractivity contribution in [3.8, 4) is 0 Å². The minimum absolute atomic E-state index is 0.147. The van der Waals surface area contributed by atoms with E-state index in [2.05, 4.69) is 0 Å². The molecule has 15 heavy (non-hydrogen) atoms. The van der Waals surface area contributed by atoms with Crippen LogP contribution in [-0.4, -0.2) is 6.54 Å². The van der Waals surface area contributed by atoms with Gasteiger partial charge < -0.3 is 5.73 Å². The van der Waals surface area contributed by atoms with Crippen molar-refractivity contribution in [3.63, 3.8) is 0 Å². The van der Waals surface area contributed by atoms with Crippen molar-refractivity contribution in [1.82, 2.24) is 0 Å². The fourth-order valence-corrected chi connectivity index (χ4v) is 2.36. The van der Waals surface area contributed by atoms with E-state index in [0.29, 0.717) is 11.6 Å². The quantitative estimate of drug-likeness (QED) is 0.844. The van der Waals surface area contributed by atoms with E-state index in [4.69, 9.17) is 17.3 Å². The Morgan fingerprint density at radius 2 is 2.13 bits per heavy atom. The molecule has 1 fully saturated rings. The maximum absolute atomic E-state index is 13.6. The topological polar surface area (TPSA) is 26.0 Å². The number of hydrogen-bond acceptors (Lipinski definition) is 1. The van der Waals surface area contributed by atoms with Gasteiger partial charge in [0.15, 0.2) is 0 Å². The first-order chi connectivity index (χ1) is 7.15. The molecule has 3 heteroatoms. The van der Waals surface area contributed by atoms with E-state index in [9.17, 15) is 4.39 Å². The van der Waals surface area contributed by atoms with Crippen LogP contribution in [0.3, 0.4) is 0 Å². The first kappa shape index (κ1) is 10.9. The zero-order valence-electron chi connectivity index (χ0n) is 8.60. The predicted octanol–water partition coefficient (Wildman–Crippen LogP) is 3.15. The van der Waals surface area contributed by atoms with Crippen LogP contribution in [0.1, 0.15) is 24.8 Å². The zero-order valence-corrected chi connectivity index (χ0v) is 9.36. The molecular formula is C12H15ClFN. The number of halogens is 2. The summed E-state index contributed by atoms with van der Waals surface area (Å²) < 4.78 is 13.6. The molecule has 0 saturated heterocycles. The summed E-state index contributed by atoms with van der Waals surface area (Å²) in [6.07, 6.45) is 4.19. The van der Waals surface area contributed by atoms with Crippen molar-refractivity contribution < 1.29 is 4.39 Å². The van der Waals surface area contributed by atoms with Crippen molar-refractivity contribution >= 4 is 11.6 Å². The molecule has 1 aliphatic carbocycles. The molecule has 2 N–H and O–H groups in total. The average molecular weight is 228 g/mol. The van der Waals surface area contributed by atoms with Crippen LogP contribution in [0.25, 0.3) is 0 Å². The van der Waals surface area contributed by atoms with Gasteiger partial charge in [0.1, 0.15) is 5.82 Å². The summed E-state index contributed by atoms with van der Waals surface area (Å²) in [6.45, 7) is 0.648. The molecule has 82 valence electrons. The van der Waals surface area contributed by atoms with Crippen LogP contribution in [0, 0.1) is 11.2 Å². The Bertz CT molecular complexity index is 355. The Labute approximate surface area is 94.4 Å². The van der Waals surface area contributed by atoms with E-state index in [1.165, 1.54) is 12.5 Å². The molecule has 0 atom stereocenters. The highest BCUT2D eigenvalue weighted by atomic mass is 35.5. The minimum atomic E-state index is -0.206. The summed E-state index contributed by atoms with van der Waals surface area (Å²) >= 11 is 5.71. The Hall–Kier alpha value is -0.600. The van der Waals surface area contributed by atoms with Gasteiger partial charge in [0, 0.05) is 5.02 Å². The first-order valence-corrected chi connectivity index (χ1v) is 5.67. The van der Waals surface area contributed by atoms with E-state index in [1.54, 1.807) is 12.1 Å². The summed E-state index contributed by atoms with van der Waals surface area (Å²) in [6, 6.07) is 4.88. The lowest BCUT2D eigenvalue weighted by molar-refractivity contribution is 0.143. The number of nitrogens with two attached hydrogens (primary N) is 1. The highest BCUT2D eigenvalue weighted by molar-refractivity contribution is 6.30. The molecule has 1 nitrogen and oxygen atoms in total. The summed E-state index contributed by atoms with van der Waals surface area (Å²) in [5.74, 6) is -0.206. The largest absolute Gasteiger partial charge is 0.330 e. The number of hydrogen-bond donors (Lipinski definition) is 1. The lowest BCUT2D eigenvalue weighted by atomic mass is 9.65. The summed E-state index contributed by atoms with van der Waals surface area (Å²) in [5, 5.41) is 0.451. The van der Waals surface area contributed by atoms with E-state index in [1.807, 2.05) is 0 Å². The normalized spacial score (nSPS) is 18.6. The van der Waals surface area contributed by atoms with Crippen molar-refractivity contribution in [2.75, 3.05) is 6.54 Å². The van der Waals surface area contributed by atoms with E-state index >= 15 is 0 Å². The Morgan fingerprint density at radius 3 is 2.60 bits per heavy atom. The van der Waals surface area contributed by atoms with Crippen molar-refractivity contribution in [1.29, 1.82) is 0 Å². The van der Waals surface area contributed by atoms with Gasteiger partial charge >= 0.3 is 0 Å². The standard InChI is InChI=1S/C12H15ClFN/c13-10-3-2-9(11(14)6-10)7-12(8-15)4-1-5-12/h2-3,6H,1,4-5,7-8,15H2. The van der Waals surface area contributed by atoms with Gasteiger partial charge in [-0.25, -0.2) is 4.39 Å². The van der Waals surface area contributed by atoms with Crippen LogP contribution < -0.4 is 5.73 Å². The van der Waals surface area contributed by atoms with Gasteiger partial charge in [0.25, 0.3) is 0 Å². The smallest absolute Gasteiger partial charge is 0.127 e. The first-order valence-electron chi connectivity index (χ1n) is 5.29. The highest BCUT2D eigenvalue weighted by Crippen LogP contribution is 2.43. The Kier molecular flexibility index (Phi) is 2.98. The second-order valence-electron chi connectivity index (χ2n) is 4.47. The third-order valence-electron chi connectivity index (χ3n) is 3.43. The molecule has 0 heterocycles. The van der Waals surface area contributed by atoms with E-state index in [0.717, 1.165) is 24.8 Å². The van der Waals surface area contributed by atoms with Crippen LogP contribution in [0.4, 0.5) is 4.39 Å². The van der Waals surface area contributed by atoms with Gasteiger partial charge in [-0.1, -0.05) is 24.1 Å². The van der Waals surface area contributed by atoms with Crippen LogP contribution >= 0.6 is 11.6 Å². The Morgan fingerprint density at radius 1 is 1.40 bits per heavy atom. The third kappa shape index (κ3) is 2.16. The molecular weight excluding hydrogens is 213 g/mol. The minimum Gasteiger partial charge on any atom is -0.330 e. The SMILES string of the molecule is NCC1(Cc2ccc(Cl)cc2F)CCC1. The maximum atomic E-state index is 13.6. The molecule has 0 radical (unpaired) electrons. The summed E-state index contributed by atoms with van der Waals surface area (Å²) in [5.41, 5.74) is 6.64. The maximum Gasteiger partial charge on any atom is 0.127 e. The van der Waals surface area contributed by atoms with Gasteiger partial charge in [0.2, 0.25) is 0 Å². The van der Waals surface area contributed by atoms with Gasteiger partial charge in [-0.05, 0) is 48.9 Å². The van der Waals surface area contributed by atoms with Crippen molar-refractivity contribution in [3.05, 3.63) is 34.6 Å². The lowest BCUT2D eigenvalue weighted by Gasteiger charge is -2.41. The number of rotatable bonds is 3. The molecule has 0 spiro atoms. The lowest BCUT2D eigenvalue weighted by Crippen LogP contribution is -2.39. The fraction of sp³-hybridized carbons (Fsp3) is 0.500. The molecule has 0 aromatic heterocycles. The monoisotopic (exact) mass is 227 g/mol. The van der Waals surface area contributed by atoms with Crippen LogP contribution in [0.5, 0.6) is 0 Å². The van der Waals surface area contributed by atoms with Crippen LogP contribution in [-0.2, 0) is 6.42 Å². The van der Waals surface area contributed by atoms with Crippen LogP contribution in [0.2, 0.25) is 5.02 Å². The molecule has 2 rings (SSSR count). The fourth-order valence-electron chi connectivity index (χ4n) is 2.20. The molecule has 1 aliphatic rings. The highest BCUT2D eigenvalue weighted by Gasteiger charge is 2.36. The average Bonchev–Trinajstić information content (AvgIpc) is 2.14. The second-order valence-corrected chi connectivity index (χ2v) is 4.91. The van der Waals surface area contributed by atoms with Crippen LogP contribution in [0.15, 0.2) is 18.2 Å². The zero-order chi connectivity index (χ0) is 10.9. The van der Waals surface area contributed by atoms with Gasteiger partial charge in [-0.2, -0.15) is 0 Å². The molecule has 1 saturated carbocycles. The summed E-state index contributed by atoms with van der Waals surface area (Å²) in [7, 11) is 0. The van der Waals surface area contributed by atoms with Gasteiger partial charge in [0.05, 0.1) is 0 Å². The van der Waals surface area contributed by atoms with E-state index in [-0.39, 0.29) is 11.2 Å². The Balaban J connectivity index is 2.16. The van der Waals surface area contributed by atoms with E-state index < -0.39 is 0 Å². The summed E-state index contributed by atoms with van der Waals surface area (Å²) in [4.78, 5) is 0. The number of benzene rings is 1. The second kappa shape index (κ2) is 4.11. The molecule has 0 amide bonds. The third-order valence-corrected chi connectivity index (χ3v) is 3.66. The molecule has 0 aliphatic heterocycles. The molecule has 0 unspecified atom stereocenters.